The van der Waals surface area contributed by atoms with Crippen molar-refractivity contribution in [1.82, 2.24) is 10.6 Å². The van der Waals surface area contributed by atoms with E-state index in [0.29, 0.717) is 6.79 Å². The number of ether oxygens (including phenoxy) is 2. The van der Waals surface area contributed by atoms with Crippen molar-refractivity contribution in [2.24, 2.45) is 4.99 Å². The summed E-state index contributed by atoms with van der Waals surface area (Å²) in [6, 6.07) is 6.29. The first-order valence-electron chi connectivity index (χ1n) is 8.38. The Morgan fingerprint density at radius 3 is 2.61 bits per heavy atom. The zero-order valence-corrected chi connectivity index (χ0v) is 14.5. The van der Waals surface area contributed by atoms with E-state index in [4.69, 9.17) is 14.5 Å². The van der Waals surface area contributed by atoms with Crippen LogP contribution in [0.4, 0.5) is 0 Å². The molecule has 0 aromatic heterocycles. The number of hydrogen-bond donors (Lipinski definition) is 2. The zero-order valence-electron chi connectivity index (χ0n) is 14.5. The van der Waals surface area contributed by atoms with Gasteiger partial charge in [0.2, 0.25) is 6.79 Å². The molecule has 1 aliphatic carbocycles. The molecule has 5 nitrogen and oxygen atoms in total. The molecule has 2 N–H and O–H groups in total. The molecule has 1 heterocycles. The normalized spacial score (nSPS) is 18.7. The van der Waals surface area contributed by atoms with Gasteiger partial charge in [0.25, 0.3) is 0 Å². The van der Waals surface area contributed by atoms with Crippen molar-refractivity contribution >= 4 is 5.96 Å². The summed E-state index contributed by atoms with van der Waals surface area (Å²) >= 11 is 0. The first kappa shape index (κ1) is 16.0. The molecule has 1 saturated carbocycles. The summed E-state index contributed by atoms with van der Waals surface area (Å²) in [6.45, 7) is 10.5. The summed E-state index contributed by atoms with van der Waals surface area (Å²) in [5, 5.41) is 6.77. The summed E-state index contributed by atoms with van der Waals surface area (Å²) in [5.74, 6) is 2.58. The molecule has 0 spiro atoms. The van der Waals surface area contributed by atoms with Crippen molar-refractivity contribution in [3.8, 4) is 11.5 Å². The van der Waals surface area contributed by atoms with Gasteiger partial charge in [0.1, 0.15) is 0 Å². The second-order valence-electron chi connectivity index (χ2n) is 7.42. The number of rotatable bonds is 4. The highest BCUT2D eigenvalue weighted by Gasteiger charge is 2.44. The van der Waals surface area contributed by atoms with Crippen LogP contribution in [0, 0.1) is 0 Å². The van der Waals surface area contributed by atoms with E-state index < -0.39 is 0 Å². The molecule has 0 radical (unpaired) electrons. The monoisotopic (exact) mass is 317 g/mol. The molecule has 0 atom stereocenters. The van der Waals surface area contributed by atoms with Crippen molar-refractivity contribution in [2.75, 3.05) is 19.9 Å². The Morgan fingerprint density at radius 2 is 1.96 bits per heavy atom. The molecular weight excluding hydrogens is 290 g/mol. The fourth-order valence-corrected chi connectivity index (χ4v) is 2.81. The molecule has 1 aromatic carbocycles. The number of benzene rings is 1. The molecule has 23 heavy (non-hydrogen) atoms. The van der Waals surface area contributed by atoms with Gasteiger partial charge in [0.05, 0.1) is 6.54 Å². The second-order valence-corrected chi connectivity index (χ2v) is 7.42. The van der Waals surface area contributed by atoms with E-state index in [1.165, 1.54) is 18.4 Å². The lowest BCUT2D eigenvalue weighted by atomic mass is 9.95. The summed E-state index contributed by atoms with van der Waals surface area (Å²) in [6.07, 6.45) is 2.34. The third-order valence-electron chi connectivity index (χ3n) is 4.22. The van der Waals surface area contributed by atoms with Gasteiger partial charge < -0.3 is 20.1 Å². The van der Waals surface area contributed by atoms with Crippen LogP contribution < -0.4 is 20.1 Å². The average Bonchev–Trinajstić information content (AvgIpc) is 3.12. The molecule has 3 rings (SSSR count). The van der Waals surface area contributed by atoms with Crippen LogP contribution >= 0.6 is 0 Å². The van der Waals surface area contributed by atoms with Gasteiger partial charge >= 0.3 is 0 Å². The van der Waals surface area contributed by atoms with E-state index in [-0.39, 0.29) is 11.0 Å². The van der Waals surface area contributed by atoms with Gasteiger partial charge in [-0.1, -0.05) is 6.07 Å². The number of aliphatic imine (C=N–C) groups is 1. The Balaban J connectivity index is 1.74. The second kappa shape index (κ2) is 5.95. The van der Waals surface area contributed by atoms with Crippen LogP contribution in [0.15, 0.2) is 23.2 Å². The molecule has 1 aliphatic heterocycles. The van der Waals surface area contributed by atoms with Gasteiger partial charge in [-0.05, 0) is 58.2 Å². The fraction of sp³-hybridized carbons (Fsp3) is 0.611. The molecule has 0 unspecified atom stereocenters. The van der Waals surface area contributed by atoms with Gasteiger partial charge in [-0.15, -0.1) is 0 Å². The molecule has 1 fully saturated rings. The van der Waals surface area contributed by atoms with Crippen LogP contribution in [0.25, 0.3) is 0 Å². The number of guanidine groups is 1. The largest absolute Gasteiger partial charge is 0.454 e. The maximum atomic E-state index is 5.51. The maximum Gasteiger partial charge on any atom is 0.231 e. The standard InChI is InChI=1S/C18H27N3O2/c1-5-19-16(21-17(2,3)4)20-11-18(8-9-18)13-6-7-14-15(10-13)23-12-22-14/h6-7,10H,5,8-9,11-12H2,1-4H3,(H2,19,20,21). The molecule has 5 heteroatoms. The molecule has 1 aromatic rings. The van der Waals surface area contributed by atoms with Crippen molar-refractivity contribution in [2.45, 2.75) is 51.5 Å². The quantitative estimate of drug-likeness (QED) is 0.662. The molecule has 0 saturated heterocycles. The third kappa shape index (κ3) is 3.71. The van der Waals surface area contributed by atoms with E-state index in [0.717, 1.165) is 30.5 Å². The van der Waals surface area contributed by atoms with Crippen molar-refractivity contribution in [3.63, 3.8) is 0 Å². The van der Waals surface area contributed by atoms with Crippen LogP contribution in [-0.4, -0.2) is 31.4 Å². The Bertz CT molecular complexity index is 601. The lowest BCUT2D eigenvalue weighted by Crippen LogP contribution is -2.47. The number of nitrogens with zero attached hydrogens (tertiary/aromatic N) is 1. The van der Waals surface area contributed by atoms with Crippen molar-refractivity contribution in [3.05, 3.63) is 23.8 Å². The van der Waals surface area contributed by atoms with Crippen LogP contribution in [0.5, 0.6) is 11.5 Å². The van der Waals surface area contributed by atoms with Gasteiger partial charge in [-0.2, -0.15) is 0 Å². The fourth-order valence-electron chi connectivity index (χ4n) is 2.81. The Morgan fingerprint density at radius 1 is 1.22 bits per heavy atom. The third-order valence-corrected chi connectivity index (χ3v) is 4.22. The predicted molar refractivity (Wildman–Crippen MR) is 92.3 cm³/mol. The Labute approximate surface area is 138 Å². The van der Waals surface area contributed by atoms with E-state index in [1.807, 2.05) is 6.07 Å². The molecule has 126 valence electrons. The smallest absolute Gasteiger partial charge is 0.231 e. The Hall–Kier alpha value is -1.91. The molecule has 2 aliphatic rings. The first-order valence-corrected chi connectivity index (χ1v) is 8.38. The SMILES string of the molecule is CCNC(=NCC1(c2ccc3c(c2)OCO3)CC1)NC(C)(C)C. The lowest BCUT2D eigenvalue weighted by Gasteiger charge is -2.24. The summed E-state index contributed by atoms with van der Waals surface area (Å²) < 4.78 is 10.9. The van der Waals surface area contributed by atoms with Gasteiger partial charge in [0, 0.05) is 17.5 Å². The number of fused-ring (bicyclic) bond motifs is 1. The van der Waals surface area contributed by atoms with Gasteiger partial charge in [-0.25, -0.2) is 0 Å². The lowest BCUT2D eigenvalue weighted by molar-refractivity contribution is 0.174. The van der Waals surface area contributed by atoms with Gasteiger partial charge in [-0.3, -0.25) is 4.99 Å². The molecule has 0 amide bonds. The van der Waals surface area contributed by atoms with Crippen LogP contribution in [-0.2, 0) is 5.41 Å². The molecular formula is C18H27N3O2. The zero-order chi connectivity index (χ0) is 16.5. The minimum absolute atomic E-state index is 0.00351. The van der Waals surface area contributed by atoms with Crippen LogP contribution in [0.3, 0.4) is 0 Å². The van der Waals surface area contributed by atoms with Crippen molar-refractivity contribution in [1.29, 1.82) is 0 Å². The van der Waals surface area contributed by atoms with Crippen LogP contribution in [0.2, 0.25) is 0 Å². The first-order chi connectivity index (χ1) is 10.9. The van der Waals surface area contributed by atoms with E-state index in [2.05, 4.69) is 50.5 Å². The highest BCUT2D eigenvalue weighted by molar-refractivity contribution is 5.80. The summed E-state index contributed by atoms with van der Waals surface area (Å²) in [7, 11) is 0. The summed E-state index contributed by atoms with van der Waals surface area (Å²) in [5.41, 5.74) is 1.45. The maximum absolute atomic E-state index is 5.51. The topological polar surface area (TPSA) is 54.9 Å². The van der Waals surface area contributed by atoms with Gasteiger partial charge in [0.15, 0.2) is 17.5 Å². The highest BCUT2D eigenvalue weighted by atomic mass is 16.7. The van der Waals surface area contributed by atoms with Crippen LogP contribution in [0.1, 0.15) is 46.1 Å². The number of nitrogens with one attached hydrogen (secondary N) is 2. The van der Waals surface area contributed by atoms with E-state index >= 15 is 0 Å². The average molecular weight is 317 g/mol. The predicted octanol–water partition coefficient (Wildman–Crippen LogP) is 2.80. The molecule has 0 bridgehead atoms. The Kier molecular flexibility index (Phi) is 4.13. The highest BCUT2D eigenvalue weighted by Crippen LogP contribution is 2.50. The van der Waals surface area contributed by atoms with Crippen molar-refractivity contribution < 1.29 is 9.47 Å². The number of hydrogen-bond acceptors (Lipinski definition) is 3. The minimum Gasteiger partial charge on any atom is -0.454 e. The van der Waals surface area contributed by atoms with E-state index in [1.54, 1.807) is 0 Å². The van der Waals surface area contributed by atoms with E-state index in [9.17, 15) is 0 Å². The summed E-state index contributed by atoms with van der Waals surface area (Å²) in [4.78, 5) is 4.83. The minimum atomic E-state index is -0.00351.